The van der Waals surface area contributed by atoms with Gasteiger partial charge in [-0.25, -0.2) is 0 Å². The van der Waals surface area contributed by atoms with Crippen LogP contribution in [0.25, 0.3) is 0 Å². The van der Waals surface area contributed by atoms with E-state index in [1.807, 2.05) is 0 Å². The summed E-state index contributed by atoms with van der Waals surface area (Å²) in [4.78, 5) is 7.50. The molecular weight excluding hydrogens is 828 g/mol. The first-order valence-electron chi connectivity index (χ1n) is 27.9. The zero-order valence-corrected chi connectivity index (χ0v) is 43.3. The summed E-state index contributed by atoms with van der Waals surface area (Å²) in [6.07, 6.45) is 70.9. The van der Waals surface area contributed by atoms with Gasteiger partial charge in [0.1, 0.15) is 0 Å². The molecule has 0 atom stereocenters. The van der Waals surface area contributed by atoms with E-state index in [0.29, 0.717) is 23.8 Å². The fourth-order valence-corrected chi connectivity index (χ4v) is 29.1. The average Bonchev–Trinajstić information content (AvgIpc) is 3.34. The van der Waals surface area contributed by atoms with Gasteiger partial charge < -0.3 is 0 Å². The van der Waals surface area contributed by atoms with E-state index in [-0.39, 0.29) is 16.5 Å². The molecule has 350 valence electrons. The summed E-state index contributed by atoms with van der Waals surface area (Å²) < 4.78 is 0. The van der Waals surface area contributed by atoms with Crippen LogP contribution < -0.4 is 0 Å². The molecule has 0 unspecified atom stereocenters. The molecule has 0 spiro atoms. The van der Waals surface area contributed by atoms with Crippen LogP contribution in [-0.2, 0) is 21.3 Å². The van der Waals surface area contributed by atoms with Crippen molar-refractivity contribution in [2.75, 3.05) is 0 Å². The van der Waals surface area contributed by atoms with Crippen molar-refractivity contribution >= 4 is 30.6 Å². The fourth-order valence-electron chi connectivity index (χ4n) is 15.1. The van der Waals surface area contributed by atoms with Crippen LogP contribution in [0.4, 0.5) is 0 Å². The van der Waals surface area contributed by atoms with Crippen LogP contribution in [0, 0.1) is 0 Å². The number of rotatable bonds is 9. The summed E-state index contributed by atoms with van der Waals surface area (Å²) in [6, 6.07) is 0. The Morgan fingerprint density at radius 1 is 0.183 bits per heavy atom. The third-order valence-corrected chi connectivity index (χ3v) is 30.2. The van der Waals surface area contributed by atoms with E-state index >= 15 is 0 Å². The molecule has 0 aromatic heterocycles. The summed E-state index contributed by atoms with van der Waals surface area (Å²) >= 11 is 0. The quantitative estimate of drug-likeness (QED) is 0.166. The summed E-state index contributed by atoms with van der Waals surface area (Å²) in [5.74, 6) is 0. The van der Waals surface area contributed by atoms with E-state index in [4.69, 9.17) is 4.79 Å². The molecule has 2 radical (unpaired) electrons. The Morgan fingerprint density at radius 2 is 0.267 bits per heavy atom. The van der Waals surface area contributed by atoms with E-state index < -0.39 is 0 Å². The third kappa shape index (κ3) is 17.0. The van der Waals surface area contributed by atoms with Crippen molar-refractivity contribution in [1.29, 1.82) is 0 Å². The maximum Gasteiger partial charge on any atom is 0.281 e. The molecule has 0 aliphatic heterocycles. The van der Waals surface area contributed by atoms with Crippen molar-refractivity contribution in [3.8, 4) is 0 Å². The Kier molecular flexibility index (Phi) is 27.5. The molecule has 9 rings (SSSR count). The first-order chi connectivity index (χ1) is 29.3. The molecule has 0 bridgehead atoms. The van der Waals surface area contributed by atoms with Crippen molar-refractivity contribution in [1.82, 2.24) is 0 Å². The molecule has 9 aliphatic carbocycles. The van der Waals surface area contributed by atoms with Gasteiger partial charge in [0, 0.05) is 16.5 Å². The molecule has 60 heavy (non-hydrogen) atoms. The zero-order valence-electron chi connectivity index (χ0n) is 39.6. The van der Waals surface area contributed by atoms with Crippen LogP contribution in [-0.4, -0.2) is 57.7 Å². The van der Waals surface area contributed by atoms with E-state index in [0.717, 1.165) is 0 Å². The maximum atomic E-state index is 7.50. The van der Waals surface area contributed by atoms with Gasteiger partial charge in [0.05, 0.1) is 0 Å². The second-order valence-electron chi connectivity index (χ2n) is 22.0. The van der Waals surface area contributed by atoms with Crippen molar-refractivity contribution in [3.05, 3.63) is 0 Å². The van der Waals surface area contributed by atoms with E-state index in [1.165, 1.54) is 109 Å². The van der Waals surface area contributed by atoms with Crippen LogP contribution in [0.15, 0.2) is 0 Å². The largest absolute Gasteiger partial charge is 0.281 e. The third-order valence-electron chi connectivity index (χ3n) is 18.0. The van der Waals surface area contributed by atoms with Gasteiger partial charge in [-0.15, -0.1) is 0 Å². The predicted molar refractivity (Wildman–Crippen MR) is 268 cm³/mol. The molecule has 9 saturated carbocycles. The Bertz CT molecular complexity index is 764. The summed E-state index contributed by atoms with van der Waals surface area (Å²) in [5.41, 5.74) is 10.7. The molecule has 0 N–H and O–H groups in total. The van der Waals surface area contributed by atoms with Crippen molar-refractivity contribution < 1.29 is 21.3 Å². The molecule has 0 amide bonds. The molecule has 0 saturated heterocycles. The SMILES string of the molecule is C1CCC(P(C2CCCCC2)C2CCCCC2)CC1.C1CCC(P(C2CCCCC2)C2CCCCC2)CC1.C1CCC(P(C2CCCCC2)C2CCCCC2)CC1.[C]=O.[Ni]. The van der Waals surface area contributed by atoms with Crippen molar-refractivity contribution in [2.45, 2.75) is 340 Å². The van der Waals surface area contributed by atoms with Gasteiger partial charge in [-0.3, -0.25) is 4.79 Å². The number of carbonyl (C=O) groups excluding carboxylic acids is 1. The van der Waals surface area contributed by atoms with Gasteiger partial charge in [-0.1, -0.05) is 197 Å². The second-order valence-corrected chi connectivity index (χ2v) is 31.2. The van der Waals surface area contributed by atoms with Crippen LogP contribution in [0.2, 0.25) is 0 Å². The van der Waals surface area contributed by atoms with Gasteiger partial charge in [-0.05, 0) is 167 Å². The predicted octanol–water partition coefficient (Wildman–Crippen LogP) is 19.0. The molecule has 0 aromatic carbocycles. The average molecular weight is 928 g/mol. The Morgan fingerprint density at radius 3 is 0.350 bits per heavy atom. The molecular formula is C55H99NiOP3. The van der Waals surface area contributed by atoms with Gasteiger partial charge in [0.15, 0.2) is 0 Å². The maximum absolute atomic E-state index is 7.50. The van der Waals surface area contributed by atoms with Crippen LogP contribution >= 0.6 is 23.8 Å². The minimum Gasteiger partial charge on any atom is -0.281 e. The molecule has 0 aromatic rings. The van der Waals surface area contributed by atoms with Crippen LogP contribution in [0.5, 0.6) is 0 Å². The Balaban J connectivity index is 0.000000166. The van der Waals surface area contributed by atoms with Gasteiger partial charge in [-0.2, -0.15) is 0 Å². The normalized spacial score (nSPS) is 27.5. The minimum absolute atomic E-state index is 0. The minimum atomic E-state index is 0. The Labute approximate surface area is 389 Å². The van der Waals surface area contributed by atoms with E-state index in [1.54, 1.807) is 231 Å². The fraction of sp³-hybridized carbons (Fsp3) is 0.982. The first-order valence-corrected chi connectivity index (χ1v) is 32.5. The van der Waals surface area contributed by atoms with Crippen LogP contribution in [0.1, 0.15) is 289 Å². The summed E-state index contributed by atoms with van der Waals surface area (Å²) in [7, 11) is 1.15. The monoisotopic (exact) mass is 927 g/mol. The smallest absolute Gasteiger partial charge is 0.281 e. The molecule has 9 aliphatic rings. The van der Waals surface area contributed by atoms with Gasteiger partial charge in [0.2, 0.25) is 0 Å². The first kappa shape index (κ1) is 52.4. The zero-order chi connectivity index (χ0) is 40.7. The number of hydrogen-bond donors (Lipinski definition) is 0. The van der Waals surface area contributed by atoms with Crippen molar-refractivity contribution in [2.24, 2.45) is 0 Å². The van der Waals surface area contributed by atoms with E-state index in [9.17, 15) is 0 Å². The topological polar surface area (TPSA) is 17.1 Å². The molecule has 0 heterocycles. The van der Waals surface area contributed by atoms with Crippen LogP contribution in [0.3, 0.4) is 0 Å². The summed E-state index contributed by atoms with van der Waals surface area (Å²) in [6.45, 7) is 4.50. The van der Waals surface area contributed by atoms with Crippen molar-refractivity contribution in [3.63, 3.8) is 0 Å². The standard InChI is InChI=1S/3C18H33P.CO.Ni/c3*1-4-10-16(11-5-1)19(17-12-6-2-7-13-17)18-14-8-3-9-15-18;1-2;/h3*16-18H,1-15H2;;. The second kappa shape index (κ2) is 31.4. The number of hydrogen-bond acceptors (Lipinski definition) is 1. The van der Waals surface area contributed by atoms with Gasteiger partial charge >= 0.3 is 0 Å². The molecule has 9 fully saturated rings. The van der Waals surface area contributed by atoms with E-state index in [2.05, 4.69) is 6.79 Å². The Hall–Kier alpha value is 1.45. The molecule has 1 nitrogen and oxygen atoms in total. The molecule has 5 heteroatoms. The van der Waals surface area contributed by atoms with Gasteiger partial charge in [0.25, 0.3) is 6.79 Å². The summed E-state index contributed by atoms with van der Waals surface area (Å²) in [5, 5.41) is 0.